The Morgan fingerprint density at radius 3 is 2.81 bits per heavy atom. The Balaban J connectivity index is 1.98. The van der Waals surface area contributed by atoms with Gasteiger partial charge in [-0.2, -0.15) is 5.10 Å². The van der Waals surface area contributed by atoms with Gasteiger partial charge in [0.1, 0.15) is 11.4 Å². The topological polar surface area (TPSA) is 102 Å². The van der Waals surface area contributed by atoms with Crippen LogP contribution < -0.4 is 0 Å². The molecule has 8 nitrogen and oxygen atoms in total. The van der Waals surface area contributed by atoms with Crippen molar-refractivity contribution in [2.75, 3.05) is 13.1 Å². The van der Waals surface area contributed by atoms with Gasteiger partial charge >= 0.3 is 5.69 Å². The number of piperidine rings is 1. The molecule has 1 fully saturated rings. The van der Waals surface area contributed by atoms with E-state index >= 15 is 0 Å². The molecule has 1 unspecified atom stereocenters. The number of nitrogens with zero attached hydrogens (tertiary/aromatic N) is 4. The Morgan fingerprint density at radius 1 is 1.52 bits per heavy atom. The summed E-state index contributed by atoms with van der Waals surface area (Å²) in [6.45, 7) is 4.56. The van der Waals surface area contributed by atoms with Crippen LogP contribution in [-0.2, 0) is 11.3 Å². The molecule has 116 valence electrons. The Morgan fingerprint density at radius 2 is 2.24 bits per heavy atom. The van der Waals surface area contributed by atoms with Gasteiger partial charge in [0.05, 0.1) is 17.6 Å². The molecule has 1 saturated heterocycles. The minimum Gasteiger partial charge on any atom is -0.391 e. The van der Waals surface area contributed by atoms with Crippen molar-refractivity contribution in [3.8, 4) is 0 Å². The van der Waals surface area contributed by atoms with Gasteiger partial charge in [0.15, 0.2) is 0 Å². The average molecular weight is 296 g/mol. The SMILES string of the molecule is Cc1nn(CCC(=O)N2CCCC(O)C2)c(C)c1[N+](=O)[O-]. The smallest absolute Gasteiger partial charge is 0.312 e. The molecule has 2 heterocycles. The van der Waals surface area contributed by atoms with Crippen molar-refractivity contribution in [2.45, 2.75) is 45.8 Å². The standard InChI is InChI=1S/C13H20N4O4/c1-9-13(17(20)21)10(2)16(14-9)7-5-12(19)15-6-3-4-11(18)8-15/h11,18H,3-8H2,1-2H3. The monoisotopic (exact) mass is 296 g/mol. The highest BCUT2D eigenvalue weighted by Crippen LogP contribution is 2.22. The van der Waals surface area contributed by atoms with Crippen LogP contribution in [0, 0.1) is 24.0 Å². The van der Waals surface area contributed by atoms with Crippen molar-refractivity contribution in [2.24, 2.45) is 0 Å². The molecule has 1 amide bonds. The van der Waals surface area contributed by atoms with Crippen LogP contribution in [0.4, 0.5) is 5.69 Å². The molecule has 21 heavy (non-hydrogen) atoms. The lowest BCUT2D eigenvalue weighted by Gasteiger charge is -2.30. The molecule has 1 N–H and O–H groups in total. The summed E-state index contributed by atoms with van der Waals surface area (Å²) >= 11 is 0. The van der Waals surface area contributed by atoms with E-state index in [0.29, 0.717) is 31.0 Å². The maximum Gasteiger partial charge on any atom is 0.312 e. The number of β-amino-alcohol motifs (C(OH)–C–C–N with tert-alkyl or cyclic N) is 1. The lowest BCUT2D eigenvalue weighted by Crippen LogP contribution is -2.42. The molecule has 1 aliphatic heterocycles. The van der Waals surface area contributed by atoms with Crippen LogP contribution in [0.2, 0.25) is 0 Å². The number of nitro groups is 1. The third kappa shape index (κ3) is 3.38. The zero-order chi connectivity index (χ0) is 15.6. The second kappa shape index (κ2) is 6.21. The van der Waals surface area contributed by atoms with E-state index in [4.69, 9.17) is 0 Å². The highest BCUT2D eigenvalue weighted by molar-refractivity contribution is 5.76. The van der Waals surface area contributed by atoms with Gasteiger partial charge in [-0.1, -0.05) is 0 Å². The molecule has 0 spiro atoms. The Kier molecular flexibility index (Phi) is 4.56. The molecule has 0 bridgehead atoms. The van der Waals surface area contributed by atoms with E-state index in [2.05, 4.69) is 5.10 Å². The van der Waals surface area contributed by atoms with Crippen LogP contribution in [0.5, 0.6) is 0 Å². The summed E-state index contributed by atoms with van der Waals surface area (Å²) in [6.07, 6.45) is 1.31. The van der Waals surface area contributed by atoms with Gasteiger partial charge in [-0.15, -0.1) is 0 Å². The first-order valence-electron chi connectivity index (χ1n) is 7.04. The molecular formula is C13H20N4O4. The zero-order valence-corrected chi connectivity index (χ0v) is 12.3. The van der Waals surface area contributed by atoms with E-state index in [1.54, 1.807) is 18.7 Å². The summed E-state index contributed by atoms with van der Waals surface area (Å²) in [6, 6.07) is 0. The van der Waals surface area contributed by atoms with Gasteiger partial charge in [-0.05, 0) is 26.7 Å². The highest BCUT2D eigenvalue weighted by atomic mass is 16.6. The number of aliphatic hydroxyl groups excluding tert-OH is 1. The molecule has 1 atom stereocenters. The Bertz CT molecular complexity index is 555. The van der Waals surface area contributed by atoms with E-state index in [9.17, 15) is 20.0 Å². The molecule has 0 aromatic carbocycles. The largest absolute Gasteiger partial charge is 0.391 e. The highest BCUT2D eigenvalue weighted by Gasteiger charge is 2.24. The second-order valence-corrected chi connectivity index (χ2v) is 5.39. The summed E-state index contributed by atoms with van der Waals surface area (Å²) in [7, 11) is 0. The quantitative estimate of drug-likeness (QED) is 0.653. The fraction of sp³-hybridized carbons (Fsp3) is 0.692. The normalized spacial score (nSPS) is 18.8. The number of hydrogen-bond acceptors (Lipinski definition) is 5. The lowest BCUT2D eigenvalue weighted by atomic mass is 10.1. The third-order valence-corrected chi connectivity index (χ3v) is 3.81. The molecule has 0 aliphatic carbocycles. The van der Waals surface area contributed by atoms with Gasteiger partial charge in [0.25, 0.3) is 0 Å². The second-order valence-electron chi connectivity index (χ2n) is 5.39. The molecule has 2 rings (SSSR count). The van der Waals surface area contributed by atoms with Gasteiger partial charge < -0.3 is 10.0 Å². The maximum atomic E-state index is 12.1. The van der Waals surface area contributed by atoms with E-state index < -0.39 is 11.0 Å². The van der Waals surface area contributed by atoms with Gasteiger partial charge in [-0.3, -0.25) is 19.6 Å². The van der Waals surface area contributed by atoms with Gasteiger partial charge in [0, 0.05) is 19.5 Å². The number of carbonyl (C=O) groups is 1. The van der Waals surface area contributed by atoms with Crippen LogP contribution in [0.3, 0.4) is 0 Å². The Hall–Kier alpha value is -1.96. The maximum absolute atomic E-state index is 12.1. The minimum atomic E-state index is -0.447. The number of rotatable bonds is 4. The first-order valence-corrected chi connectivity index (χ1v) is 7.04. The van der Waals surface area contributed by atoms with Crippen molar-refractivity contribution in [3.05, 3.63) is 21.5 Å². The van der Waals surface area contributed by atoms with Crippen molar-refractivity contribution in [1.82, 2.24) is 14.7 Å². The minimum absolute atomic E-state index is 0.0100. The summed E-state index contributed by atoms with van der Waals surface area (Å²) in [5, 5.41) is 24.6. The number of aryl methyl sites for hydroxylation is 2. The van der Waals surface area contributed by atoms with Crippen molar-refractivity contribution in [1.29, 1.82) is 0 Å². The number of aromatic nitrogens is 2. The number of carbonyl (C=O) groups excluding carboxylic acids is 1. The van der Waals surface area contributed by atoms with E-state index in [0.717, 1.165) is 12.8 Å². The summed E-state index contributed by atoms with van der Waals surface area (Å²) < 4.78 is 1.51. The molecule has 0 saturated carbocycles. The van der Waals surface area contributed by atoms with E-state index in [1.165, 1.54) is 4.68 Å². The summed E-state index contributed by atoms with van der Waals surface area (Å²) in [4.78, 5) is 24.2. The molecule has 1 aromatic rings. The predicted molar refractivity (Wildman–Crippen MR) is 74.8 cm³/mol. The average Bonchev–Trinajstić information content (AvgIpc) is 2.70. The third-order valence-electron chi connectivity index (χ3n) is 3.81. The fourth-order valence-corrected chi connectivity index (χ4v) is 2.71. The number of aliphatic hydroxyl groups is 1. The summed E-state index contributed by atoms with van der Waals surface area (Å²) in [5.41, 5.74) is 0.832. The van der Waals surface area contributed by atoms with Crippen LogP contribution in [0.15, 0.2) is 0 Å². The van der Waals surface area contributed by atoms with Crippen molar-refractivity contribution < 1.29 is 14.8 Å². The lowest BCUT2D eigenvalue weighted by molar-refractivity contribution is -0.386. The van der Waals surface area contributed by atoms with Crippen LogP contribution >= 0.6 is 0 Å². The van der Waals surface area contributed by atoms with Crippen LogP contribution in [0.25, 0.3) is 0 Å². The Labute approximate surface area is 122 Å². The molecule has 8 heteroatoms. The predicted octanol–water partition coefficient (Wildman–Crippen LogP) is 0.782. The number of hydrogen-bond donors (Lipinski definition) is 1. The zero-order valence-electron chi connectivity index (χ0n) is 12.3. The number of amides is 1. The molecule has 0 radical (unpaired) electrons. The number of likely N-dealkylation sites (tertiary alicyclic amines) is 1. The van der Waals surface area contributed by atoms with E-state index in [-0.39, 0.29) is 18.0 Å². The molecule has 1 aromatic heterocycles. The van der Waals surface area contributed by atoms with Gasteiger partial charge in [-0.25, -0.2) is 0 Å². The first kappa shape index (κ1) is 15.4. The molecule has 1 aliphatic rings. The van der Waals surface area contributed by atoms with Crippen molar-refractivity contribution >= 4 is 11.6 Å². The van der Waals surface area contributed by atoms with Crippen LogP contribution in [-0.4, -0.2) is 49.8 Å². The van der Waals surface area contributed by atoms with Gasteiger partial charge in [0.2, 0.25) is 5.91 Å². The fourth-order valence-electron chi connectivity index (χ4n) is 2.71. The first-order chi connectivity index (χ1) is 9.90. The van der Waals surface area contributed by atoms with E-state index in [1.807, 2.05) is 0 Å². The molecular weight excluding hydrogens is 276 g/mol. The van der Waals surface area contributed by atoms with Crippen molar-refractivity contribution in [3.63, 3.8) is 0 Å². The van der Waals surface area contributed by atoms with Crippen LogP contribution in [0.1, 0.15) is 30.7 Å². The summed E-state index contributed by atoms with van der Waals surface area (Å²) in [5.74, 6) is -0.0519.